The van der Waals surface area contributed by atoms with Crippen LogP contribution in [0, 0.1) is 11.8 Å². The van der Waals surface area contributed by atoms with E-state index >= 15 is 0 Å². The molecule has 1 saturated carbocycles. The summed E-state index contributed by atoms with van der Waals surface area (Å²) in [6, 6.07) is 7.52. The van der Waals surface area contributed by atoms with Crippen LogP contribution in [-0.2, 0) is 11.3 Å². The van der Waals surface area contributed by atoms with Gasteiger partial charge >= 0.3 is 0 Å². The first-order valence-electron chi connectivity index (χ1n) is 7.86. The first-order valence-corrected chi connectivity index (χ1v) is 7.86. The van der Waals surface area contributed by atoms with Crippen molar-refractivity contribution in [2.24, 2.45) is 17.6 Å². The Labute approximate surface area is 127 Å². The lowest BCUT2D eigenvalue weighted by molar-refractivity contribution is -0.123. The molecule has 0 spiro atoms. The highest BCUT2D eigenvalue weighted by Crippen LogP contribution is 2.27. The Morgan fingerprint density at radius 3 is 2.52 bits per heavy atom. The van der Waals surface area contributed by atoms with Crippen LogP contribution in [0.1, 0.15) is 38.2 Å². The Hall–Kier alpha value is -1.55. The average Bonchev–Trinajstić information content (AvgIpc) is 2.53. The Balaban J connectivity index is 1.65. The molecule has 0 bridgehead atoms. The van der Waals surface area contributed by atoms with E-state index in [-0.39, 0.29) is 12.5 Å². The van der Waals surface area contributed by atoms with Gasteiger partial charge in [0, 0.05) is 13.1 Å². The van der Waals surface area contributed by atoms with E-state index in [0.717, 1.165) is 18.0 Å². The van der Waals surface area contributed by atoms with Crippen LogP contribution in [0.5, 0.6) is 5.75 Å². The maximum Gasteiger partial charge on any atom is 0.257 e. The van der Waals surface area contributed by atoms with Gasteiger partial charge in [0.05, 0.1) is 0 Å². The number of ether oxygens (including phenoxy) is 1. The maximum atomic E-state index is 11.8. The Morgan fingerprint density at radius 2 is 1.90 bits per heavy atom. The monoisotopic (exact) mass is 290 g/mol. The van der Waals surface area contributed by atoms with Crippen molar-refractivity contribution in [2.75, 3.05) is 13.2 Å². The minimum Gasteiger partial charge on any atom is -0.484 e. The van der Waals surface area contributed by atoms with E-state index < -0.39 is 0 Å². The van der Waals surface area contributed by atoms with Crippen LogP contribution < -0.4 is 15.8 Å². The summed E-state index contributed by atoms with van der Waals surface area (Å²) in [4.78, 5) is 11.8. The van der Waals surface area contributed by atoms with E-state index in [9.17, 15) is 4.79 Å². The number of hydrogen-bond acceptors (Lipinski definition) is 3. The number of carbonyl (C=O) groups is 1. The van der Waals surface area contributed by atoms with Crippen molar-refractivity contribution in [3.63, 3.8) is 0 Å². The summed E-state index contributed by atoms with van der Waals surface area (Å²) >= 11 is 0. The van der Waals surface area contributed by atoms with Crippen molar-refractivity contribution >= 4 is 5.91 Å². The molecule has 0 saturated heterocycles. The molecule has 1 aliphatic carbocycles. The summed E-state index contributed by atoms with van der Waals surface area (Å²) in [6.45, 7) is 3.67. The zero-order valence-corrected chi connectivity index (χ0v) is 12.8. The van der Waals surface area contributed by atoms with Gasteiger partial charge in [0.2, 0.25) is 0 Å². The Kier molecular flexibility index (Phi) is 6.05. The first kappa shape index (κ1) is 15.8. The third kappa shape index (κ3) is 5.38. The number of benzene rings is 1. The van der Waals surface area contributed by atoms with Crippen LogP contribution in [0.4, 0.5) is 0 Å². The molecule has 0 unspecified atom stereocenters. The molecule has 1 aliphatic rings. The highest BCUT2D eigenvalue weighted by Gasteiger charge is 2.18. The minimum atomic E-state index is -0.0449. The number of carbonyl (C=O) groups excluding carboxylic acids is 1. The lowest BCUT2D eigenvalue weighted by atomic mass is 9.83. The minimum absolute atomic E-state index is 0.0449. The fourth-order valence-corrected chi connectivity index (χ4v) is 2.71. The van der Waals surface area contributed by atoms with Gasteiger partial charge in [-0.3, -0.25) is 4.79 Å². The summed E-state index contributed by atoms with van der Waals surface area (Å²) in [7, 11) is 0. The fraction of sp³-hybridized carbons (Fsp3) is 0.588. The third-order valence-electron chi connectivity index (χ3n) is 4.25. The second-order valence-corrected chi connectivity index (χ2v) is 6.07. The lowest BCUT2D eigenvalue weighted by Gasteiger charge is -2.26. The highest BCUT2D eigenvalue weighted by molar-refractivity contribution is 5.77. The molecule has 0 heterocycles. The van der Waals surface area contributed by atoms with Crippen molar-refractivity contribution in [3.8, 4) is 5.75 Å². The molecular weight excluding hydrogens is 264 g/mol. The molecule has 1 aromatic rings. The van der Waals surface area contributed by atoms with Crippen LogP contribution in [0.15, 0.2) is 24.3 Å². The SMILES string of the molecule is CC1CCC(CNC(=O)COc2ccc(CN)cc2)CC1. The van der Waals surface area contributed by atoms with Crippen molar-refractivity contribution in [3.05, 3.63) is 29.8 Å². The highest BCUT2D eigenvalue weighted by atomic mass is 16.5. The largest absolute Gasteiger partial charge is 0.484 e. The summed E-state index contributed by atoms with van der Waals surface area (Å²) in [5, 5.41) is 2.98. The van der Waals surface area contributed by atoms with Crippen LogP contribution in [-0.4, -0.2) is 19.1 Å². The molecule has 2 rings (SSSR count). The predicted molar refractivity (Wildman–Crippen MR) is 84.0 cm³/mol. The lowest BCUT2D eigenvalue weighted by Crippen LogP contribution is -2.34. The van der Waals surface area contributed by atoms with Gasteiger partial charge in [-0.2, -0.15) is 0 Å². The van der Waals surface area contributed by atoms with Gasteiger partial charge in [-0.15, -0.1) is 0 Å². The second-order valence-electron chi connectivity index (χ2n) is 6.07. The number of nitrogens with two attached hydrogens (primary N) is 1. The van der Waals surface area contributed by atoms with E-state index in [1.165, 1.54) is 25.7 Å². The second kappa shape index (κ2) is 8.03. The molecule has 4 heteroatoms. The van der Waals surface area contributed by atoms with E-state index in [1.807, 2.05) is 24.3 Å². The molecule has 0 aromatic heterocycles. The van der Waals surface area contributed by atoms with Crippen LogP contribution in [0.3, 0.4) is 0 Å². The summed E-state index contributed by atoms with van der Waals surface area (Å²) in [5.74, 6) is 2.14. The number of nitrogens with one attached hydrogen (secondary N) is 1. The topological polar surface area (TPSA) is 64.3 Å². The van der Waals surface area contributed by atoms with Gasteiger partial charge < -0.3 is 15.8 Å². The molecule has 0 atom stereocenters. The molecule has 4 nitrogen and oxygen atoms in total. The summed E-state index contributed by atoms with van der Waals surface area (Å²) in [6.07, 6.45) is 5.01. The molecule has 1 amide bonds. The van der Waals surface area contributed by atoms with Crippen molar-refractivity contribution in [1.82, 2.24) is 5.32 Å². The van der Waals surface area contributed by atoms with Gasteiger partial charge in [0.15, 0.2) is 6.61 Å². The van der Waals surface area contributed by atoms with Crippen LogP contribution in [0.2, 0.25) is 0 Å². The van der Waals surface area contributed by atoms with E-state index in [1.54, 1.807) is 0 Å². The quantitative estimate of drug-likeness (QED) is 0.846. The molecule has 116 valence electrons. The maximum absolute atomic E-state index is 11.8. The molecule has 1 fully saturated rings. The fourth-order valence-electron chi connectivity index (χ4n) is 2.71. The van der Waals surface area contributed by atoms with E-state index in [2.05, 4.69) is 12.2 Å². The number of hydrogen-bond donors (Lipinski definition) is 2. The standard InChI is InChI=1S/C17H26N2O2/c1-13-2-4-15(5-3-13)11-19-17(20)12-21-16-8-6-14(10-18)7-9-16/h6-9,13,15H,2-5,10-12,18H2,1H3,(H,19,20). The third-order valence-corrected chi connectivity index (χ3v) is 4.25. The molecule has 0 aliphatic heterocycles. The number of amides is 1. The predicted octanol–water partition coefficient (Wildman–Crippen LogP) is 2.47. The van der Waals surface area contributed by atoms with Crippen LogP contribution in [0.25, 0.3) is 0 Å². The van der Waals surface area contributed by atoms with Gasteiger partial charge in [-0.05, 0) is 42.4 Å². The smallest absolute Gasteiger partial charge is 0.257 e. The van der Waals surface area contributed by atoms with Crippen molar-refractivity contribution < 1.29 is 9.53 Å². The van der Waals surface area contributed by atoms with Crippen molar-refractivity contribution in [2.45, 2.75) is 39.2 Å². The summed E-state index contributed by atoms with van der Waals surface area (Å²) < 4.78 is 5.47. The van der Waals surface area contributed by atoms with Gasteiger partial charge in [0.25, 0.3) is 5.91 Å². The zero-order valence-electron chi connectivity index (χ0n) is 12.8. The first-order chi connectivity index (χ1) is 10.2. The van der Waals surface area contributed by atoms with Gasteiger partial charge in [-0.1, -0.05) is 31.9 Å². The molecule has 21 heavy (non-hydrogen) atoms. The van der Waals surface area contributed by atoms with E-state index in [0.29, 0.717) is 18.2 Å². The molecule has 3 N–H and O–H groups in total. The molecular formula is C17H26N2O2. The molecule has 0 radical (unpaired) electrons. The Bertz CT molecular complexity index is 437. The summed E-state index contributed by atoms with van der Waals surface area (Å²) in [5.41, 5.74) is 6.59. The van der Waals surface area contributed by atoms with Crippen LogP contribution >= 0.6 is 0 Å². The molecule has 1 aromatic carbocycles. The van der Waals surface area contributed by atoms with E-state index in [4.69, 9.17) is 10.5 Å². The Morgan fingerprint density at radius 1 is 1.24 bits per heavy atom. The van der Waals surface area contributed by atoms with Gasteiger partial charge in [-0.25, -0.2) is 0 Å². The van der Waals surface area contributed by atoms with Crippen molar-refractivity contribution in [1.29, 1.82) is 0 Å². The normalized spacial score (nSPS) is 21.8. The average molecular weight is 290 g/mol. The zero-order chi connectivity index (χ0) is 15.1. The van der Waals surface area contributed by atoms with Gasteiger partial charge in [0.1, 0.15) is 5.75 Å². The number of rotatable bonds is 6.